The van der Waals surface area contributed by atoms with E-state index in [0.29, 0.717) is 46.7 Å². The van der Waals surface area contributed by atoms with E-state index in [9.17, 15) is 0 Å². The number of nitrogens with zero attached hydrogens (tertiary/aromatic N) is 8. The van der Waals surface area contributed by atoms with Gasteiger partial charge in [-0.2, -0.15) is 0 Å². The monoisotopic (exact) mass is 514 g/mol. The molecule has 8 bridgehead atoms. The molecular weight excluding hydrogens is 496 g/mol. The largest absolute Gasteiger partial charge is 0.208 e. The van der Waals surface area contributed by atoms with Gasteiger partial charge in [-0.05, 0) is 12.8 Å². The Labute approximate surface area is 228 Å². The normalized spacial score (nSPS) is 24.5. The number of aliphatic imine (C=N–C) groups is 8. The molecule has 1 aliphatic carbocycles. The summed E-state index contributed by atoms with van der Waals surface area (Å²) in [5.74, 6) is 4.66. The zero-order chi connectivity index (χ0) is 26.2. The van der Waals surface area contributed by atoms with Crippen molar-refractivity contribution >= 4 is 46.7 Å². The second-order valence-corrected chi connectivity index (χ2v) is 9.95. The number of rotatable bonds is 0. The van der Waals surface area contributed by atoms with Crippen LogP contribution >= 0.6 is 0 Å². The summed E-state index contributed by atoms with van der Waals surface area (Å²) in [6, 6.07) is 24.0. The van der Waals surface area contributed by atoms with Crippen LogP contribution in [0.15, 0.2) is 136 Å². The Bertz CT molecular complexity index is 2040. The zero-order valence-electron chi connectivity index (χ0n) is 21.1. The van der Waals surface area contributed by atoms with Crippen LogP contribution < -0.4 is 0 Å². The van der Waals surface area contributed by atoms with Gasteiger partial charge in [0.1, 0.15) is 0 Å². The van der Waals surface area contributed by atoms with Crippen LogP contribution in [0.3, 0.4) is 0 Å². The molecule has 0 aromatic heterocycles. The molecule has 3 aromatic carbocycles. The van der Waals surface area contributed by atoms with E-state index in [2.05, 4.69) is 12.2 Å². The summed E-state index contributed by atoms with van der Waals surface area (Å²) < 4.78 is 0. The molecule has 0 spiro atoms. The molecule has 0 saturated carbocycles. The molecule has 0 atom stereocenters. The number of fused-ring (bicyclic) bond motifs is 15. The molecule has 0 N–H and O–H groups in total. The maximum absolute atomic E-state index is 5.00. The fourth-order valence-electron chi connectivity index (χ4n) is 5.71. The van der Waals surface area contributed by atoms with Gasteiger partial charge in [0.15, 0.2) is 46.7 Å². The minimum Gasteiger partial charge on any atom is -0.208 e. The van der Waals surface area contributed by atoms with Crippen molar-refractivity contribution in [2.24, 2.45) is 39.9 Å². The summed E-state index contributed by atoms with van der Waals surface area (Å²) in [6.45, 7) is 0. The summed E-state index contributed by atoms with van der Waals surface area (Å²) in [4.78, 5) is 39.5. The predicted octanol–water partition coefficient (Wildman–Crippen LogP) is 5.08. The lowest BCUT2D eigenvalue weighted by atomic mass is 9.98. The van der Waals surface area contributed by atoms with Gasteiger partial charge in [0, 0.05) is 44.5 Å². The van der Waals surface area contributed by atoms with Crippen molar-refractivity contribution < 1.29 is 0 Å². The maximum Gasteiger partial charge on any atom is 0.164 e. The summed E-state index contributed by atoms with van der Waals surface area (Å²) in [5.41, 5.74) is 7.51. The molecule has 0 amide bonds. The highest BCUT2D eigenvalue weighted by molar-refractivity contribution is 6.35. The molecule has 3 aromatic rings. The lowest BCUT2D eigenvalue weighted by Crippen LogP contribution is -2.05. The molecule has 186 valence electrons. The van der Waals surface area contributed by atoms with Crippen LogP contribution in [0.4, 0.5) is 0 Å². The van der Waals surface area contributed by atoms with Crippen molar-refractivity contribution in [2.75, 3.05) is 0 Å². The first-order chi connectivity index (χ1) is 19.8. The number of hydrogen-bond acceptors (Lipinski definition) is 8. The molecule has 40 heavy (non-hydrogen) atoms. The topological polar surface area (TPSA) is 98.9 Å². The molecule has 0 fully saturated rings. The van der Waals surface area contributed by atoms with E-state index >= 15 is 0 Å². The van der Waals surface area contributed by atoms with Gasteiger partial charge in [0.25, 0.3) is 0 Å². The number of amidine groups is 8. The molecule has 8 heteroatoms. The fourth-order valence-corrected chi connectivity index (χ4v) is 5.71. The number of allylic oxidation sites excluding steroid dienone is 1. The minimum absolute atomic E-state index is 0.561. The Balaban J connectivity index is 1.35. The molecule has 0 unspecified atom stereocenters. The summed E-state index contributed by atoms with van der Waals surface area (Å²) in [6.07, 6.45) is 6.01. The Morgan fingerprint density at radius 1 is 0.375 bits per heavy atom. The maximum atomic E-state index is 5.00. The van der Waals surface area contributed by atoms with Gasteiger partial charge < -0.3 is 0 Å². The van der Waals surface area contributed by atoms with Gasteiger partial charge in [0.2, 0.25) is 0 Å². The Morgan fingerprint density at radius 3 is 1.10 bits per heavy atom. The van der Waals surface area contributed by atoms with Gasteiger partial charge in [-0.1, -0.05) is 84.9 Å². The van der Waals surface area contributed by atoms with E-state index < -0.39 is 0 Å². The highest BCUT2D eigenvalue weighted by Crippen LogP contribution is 2.32. The molecular formula is C32H18N8. The highest BCUT2D eigenvalue weighted by atomic mass is 15.1. The minimum atomic E-state index is 0.561. The van der Waals surface area contributed by atoms with Crippen molar-refractivity contribution in [1.82, 2.24) is 0 Å². The van der Waals surface area contributed by atoms with Gasteiger partial charge in [-0.25, -0.2) is 39.9 Å². The first kappa shape index (κ1) is 21.4. The van der Waals surface area contributed by atoms with Crippen LogP contribution in [0, 0.1) is 0 Å². The Kier molecular flexibility index (Phi) is 4.29. The first-order valence-corrected chi connectivity index (χ1v) is 13.2. The smallest absolute Gasteiger partial charge is 0.164 e. The van der Waals surface area contributed by atoms with Crippen LogP contribution in [-0.2, 0) is 0 Å². The van der Waals surface area contributed by atoms with Gasteiger partial charge in [0.05, 0.1) is 0 Å². The second kappa shape index (κ2) is 8.00. The third kappa shape index (κ3) is 3.07. The summed E-state index contributed by atoms with van der Waals surface area (Å²) >= 11 is 0. The molecule has 5 aliphatic heterocycles. The third-order valence-corrected chi connectivity index (χ3v) is 7.60. The second-order valence-electron chi connectivity index (χ2n) is 9.95. The van der Waals surface area contributed by atoms with Crippen molar-refractivity contribution in [3.8, 4) is 0 Å². The molecule has 0 saturated heterocycles. The van der Waals surface area contributed by atoms with Crippen molar-refractivity contribution in [3.63, 3.8) is 0 Å². The zero-order valence-corrected chi connectivity index (χ0v) is 21.1. The molecule has 6 aliphatic rings. The SMILES string of the molecule is C1=CC2=C(CC1)C1=NC/2=N\C2=NC(=N\C3=NC(=N\C4=NC(=N\1)/c1ccccc14)/c1ccccc13)/c1ccccc12. The lowest BCUT2D eigenvalue weighted by molar-refractivity contribution is 0.998. The molecule has 9 rings (SSSR count). The van der Waals surface area contributed by atoms with Crippen LogP contribution in [0.5, 0.6) is 0 Å². The van der Waals surface area contributed by atoms with E-state index in [1.165, 1.54) is 0 Å². The highest BCUT2D eigenvalue weighted by Gasteiger charge is 2.31. The Hall–Kier alpha value is -5.50. The molecule has 0 radical (unpaired) electrons. The Morgan fingerprint density at radius 2 is 0.700 bits per heavy atom. The quantitative estimate of drug-likeness (QED) is 0.400. The lowest BCUT2D eigenvalue weighted by Gasteiger charge is -2.08. The van der Waals surface area contributed by atoms with E-state index in [-0.39, 0.29) is 0 Å². The molecule has 5 heterocycles. The van der Waals surface area contributed by atoms with Crippen LogP contribution in [0.25, 0.3) is 0 Å². The van der Waals surface area contributed by atoms with Gasteiger partial charge >= 0.3 is 0 Å². The average Bonchev–Trinajstić information content (AvgIpc) is 3.73. The van der Waals surface area contributed by atoms with Gasteiger partial charge in [-0.3, -0.25) is 0 Å². The fraction of sp³-hybridized carbons (Fsp3) is 0.0625. The summed E-state index contributed by atoms with van der Waals surface area (Å²) in [5, 5.41) is 0. The average molecular weight is 515 g/mol. The summed E-state index contributed by atoms with van der Waals surface area (Å²) in [7, 11) is 0. The standard InChI is InChI=1S/C32H18N8/c1-2-10-18-17(9-1)25-33-26(18)38-28-21-13-5-6-14-22(21)30(35-28)40-32-24-16-8-7-15-23(24)31(36-32)39-29-20-12-4-3-11-19(20)27(34-29)37-25/h1-7,9-15H,8,16H2/b37-25?,37-27-,38-26-,38-28?,39-29?,39-31-,40-30-,40-32?. The third-order valence-electron chi connectivity index (χ3n) is 7.60. The first-order valence-electron chi connectivity index (χ1n) is 13.2. The van der Waals surface area contributed by atoms with Gasteiger partial charge in [-0.15, -0.1) is 0 Å². The van der Waals surface area contributed by atoms with Crippen molar-refractivity contribution in [1.29, 1.82) is 0 Å². The number of benzene rings is 3. The number of hydrogen-bond donors (Lipinski definition) is 0. The van der Waals surface area contributed by atoms with E-state index in [1.807, 2.05) is 72.8 Å². The van der Waals surface area contributed by atoms with Crippen LogP contribution in [-0.4, -0.2) is 46.7 Å². The van der Waals surface area contributed by atoms with Crippen LogP contribution in [0.2, 0.25) is 0 Å². The van der Waals surface area contributed by atoms with E-state index in [1.54, 1.807) is 0 Å². The molecule has 8 nitrogen and oxygen atoms in total. The van der Waals surface area contributed by atoms with E-state index in [4.69, 9.17) is 39.9 Å². The van der Waals surface area contributed by atoms with Crippen LogP contribution in [0.1, 0.15) is 46.2 Å². The van der Waals surface area contributed by atoms with Crippen molar-refractivity contribution in [2.45, 2.75) is 12.8 Å². The van der Waals surface area contributed by atoms with E-state index in [0.717, 1.165) is 57.4 Å². The predicted molar refractivity (Wildman–Crippen MR) is 159 cm³/mol. The van der Waals surface area contributed by atoms with Crippen molar-refractivity contribution in [3.05, 3.63) is 129 Å².